The number of hydrogen-bond acceptors (Lipinski definition) is 1. The van der Waals surface area contributed by atoms with E-state index in [1.54, 1.807) is 0 Å². The Kier molecular flexibility index (Phi) is 4.99. The van der Waals surface area contributed by atoms with Crippen molar-refractivity contribution in [2.75, 3.05) is 0 Å². The fourth-order valence-electron chi connectivity index (χ4n) is 2.96. The van der Waals surface area contributed by atoms with Crippen molar-refractivity contribution in [2.24, 2.45) is 0 Å². The molecule has 0 atom stereocenters. The highest BCUT2D eigenvalue weighted by Gasteiger charge is 2.13. The molecule has 0 N–H and O–H groups in total. The predicted molar refractivity (Wildman–Crippen MR) is 91.9 cm³/mol. The SMILES string of the molecule is c1ccc(C(CCCc2ccncc2)c2ccccc2)cc1. The molecule has 0 saturated carbocycles. The molecule has 3 rings (SSSR count). The summed E-state index contributed by atoms with van der Waals surface area (Å²) < 4.78 is 0. The maximum Gasteiger partial charge on any atom is 0.0270 e. The van der Waals surface area contributed by atoms with E-state index < -0.39 is 0 Å². The average Bonchev–Trinajstić information content (AvgIpc) is 2.61. The summed E-state index contributed by atoms with van der Waals surface area (Å²) >= 11 is 0. The zero-order valence-electron chi connectivity index (χ0n) is 12.7. The van der Waals surface area contributed by atoms with Crippen LogP contribution in [-0.2, 0) is 6.42 Å². The molecular weight excluding hydrogens is 266 g/mol. The quantitative estimate of drug-likeness (QED) is 0.604. The molecule has 0 radical (unpaired) electrons. The van der Waals surface area contributed by atoms with Crippen LogP contribution in [0.4, 0.5) is 0 Å². The molecule has 1 heteroatoms. The Morgan fingerprint density at radius 3 is 1.77 bits per heavy atom. The summed E-state index contributed by atoms with van der Waals surface area (Å²) in [6.45, 7) is 0. The van der Waals surface area contributed by atoms with Crippen molar-refractivity contribution in [2.45, 2.75) is 25.2 Å². The van der Waals surface area contributed by atoms with Crippen LogP contribution in [0.15, 0.2) is 85.2 Å². The summed E-state index contributed by atoms with van der Waals surface area (Å²) in [5.41, 5.74) is 4.18. The molecule has 3 aromatic rings. The molecule has 0 aliphatic heterocycles. The molecule has 0 amide bonds. The molecule has 1 heterocycles. The van der Waals surface area contributed by atoms with Crippen LogP contribution < -0.4 is 0 Å². The maximum atomic E-state index is 4.08. The van der Waals surface area contributed by atoms with Gasteiger partial charge in [0.15, 0.2) is 0 Å². The number of pyridine rings is 1. The van der Waals surface area contributed by atoms with Gasteiger partial charge in [-0.15, -0.1) is 0 Å². The zero-order valence-corrected chi connectivity index (χ0v) is 12.7. The first-order valence-corrected chi connectivity index (χ1v) is 7.92. The Balaban J connectivity index is 1.72. The molecule has 2 aromatic carbocycles. The molecule has 22 heavy (non-hydrogen) atoms. The number of hydrogen-bond donors (Lipinski definition) is 0. The number of aromatic nitrogens is 1. The van der Waals surface area contributed by atoms with Crippen LogP contribution in [0.25, 0.3) is 0 Å². The summed E-state index contributed by atoms with van der Waals surface area (Å²) in [5, 5.41) is 0. The Hall–Kier alpha value is -2.41. The lowest BCUT2D eigenvalue weighted by Crippen LogP contribution is -2.02. The third-order valence-electron chi connectivity index (χ3n) is 4.11. The average molecular weight is 287 g/mol. The molecular formula is C21H21N. The second-order valence-corrected chi connectivity index (χ2v) is 5.62. The lowest BCUT2D eigenvalue weighted by atomic mass is 9.86. The van der Waals surface area contributed by atoms with Gasteiger partial charge in [0.25, 0.3) is 0 Å². The minimum absolute atomic E-state index is 0.476. The van der Waals surface area contributed by atoms with Crippen molar-refractivity contribution in [1.82, 2.24) is 4.98 Å². The van der Waals surface area contributed by atoms with Gasteiger partial charge in [-0.1, -0.05) is 60.7 Å². The lowest BCUT2D eigenvalue weighted by molar-refractivity contribution is 0.661. The fraction of sp³-hybridized carbons (Fsp3) is 0.190. The number of rotatable bonds is 6. The van der Waals surface area contributed by atoms with Gasteiger partial charge in [-0.2, -0.15) is 0 Å². The van der Waals surface area contributed by atoms with Crippen molar-refractivity contribution < 1.29 is 0 Å². The number of aryl methyl sites for hydroxylation is 1. The predicted octanol–water partition coefficient (Wildman–Crippen LogP) is 5.24. The normalized spacial score (nSPS) is 10.8. The third kappa shape index (κ3) is 3.82. The molecule has 1 aromatic heterocycles. The highest BCUT2D eigenvalue weighted by molar-refractivity contribution is 5.32. The van der Waals surface area contributed by atoms with E-state index in [4.69, 9.17) is 0 Å². The molecule has 0 bridgehead atoms. The van der Waals surface area contributed by atoms with Gasteiger partial charge in [0.1, 0.15) is 0 Å². The minimum atomic E-state index is 0.476. The Morgan fingerprint density at radius 2 is 1.23 bits per heavy atom. The molecule has 0 fully saturated rings. The van der Waals surface area contributed by atoms with Crippen LogP contribution in [0.5, 0.6) is 0 Å². The van der Waals surface area contributed by atoms with E-state index in [9.17, 15) is 0 Å². The minimum Gasteiger partial charge on any atom is -0.265 e. The maximum absolute atomic E-state index is 4.08. The number of nitrogens with zero attached hydrogens (tertiary/aromatic N) is 1. The molecule has 1 nitrogen and oxygen atoms in total. The van der Waals surface area contributed by atoms with Crippen LogP contribution in [0.2, 0.25) is 0 Å². The van der Waals surface area contributed by atoms with E-state index in [0.717, 1.165) is 12.8 Å². The van der Waals surface area contributed by atoms with Crippen molar-refractivity contribution in [3.05, 3.63) is 102 Å². The van der Waals surface area contributed by atoms with Gasteiger partial charge in [0.05, 0.1) is 0 Å². The van der Waals surface area contributed by atoms with Crippen LogP contribution in [0.1, 0.15) is 35.4 Å². The van der Waals surface area contributed by atoms with E-state index in [-0.39, 0.29) is 0 Å². The van der Waals surface area contributed by atoms with Gasteiger partial charge in [-0.05, 0) is 48.1 Å². The largest absolute Gasteiger partial charge is 0.265 e. The third-order valence-corrected chi connectivity index (χ3v) is 4.11. The second-order valence-electron chi connectivity index (χ2n) is 5.62. The van der Waals surface area contributed by atoms with Crippen LogP contribution in [0.3, 0.4) is 0 Å². The van der Waals surface area contributed by atoms with E-state index in [1.807, 2.05) is 12.4 Å². The molecule has 0 spiro atoms. The van der Waals surface area contributed by atoms with E-state index in [2.05, 4.69) is 77.8 Å². The van der Waals surface area contributed by atoms with E-state index in [1.165, 1.54) is 23.1 Å². The van der Waals surface area contributed by atoms with Gasteiger partial charge in [-0.25, -0.2) is 0 Å². The Morgan fingerprint density at radius 1 is 0.682 bits per heavy atom. The first-order chi connectivity index (χ1) is 10.9. The zero-order chi connectivity index (χ0) is 15.0. The molecule has 110 valence electrons. The van der Waals surface area contributed by atoms with Crippen molar-refractivity contribution in [1.29, 1.82) is 0 Å². The second kappa shape index (κ2) is 7.56. The standard InChI is InChI=1S/C21H21N/c1-3-9-19(10-4-1)21(20-11-5-2-6-12-20)13-7-8-18-14-16-22-17-15-18/h1-6,9-12,14-17,21H,7-8,13H2. The van der Waals surface area contributed by atoms with Gasteiger partial charge in [0.2, 0.25) is 0 Å². The topological polar surface area (TPSA) is 12.9 Å². The van der Waals surface area contributed by atoms with Crippen LogP contribution in [-0.4, -0.2) is 4.98 Å². The van der Waals surface area contributed by atoms with E-state index >= 15 is 0 Å². The van der Waals surface area contributed by atoms with Crippen molar-refractivity contribution in [3.63, 3.8) is 0 Å². The monoisotopic (exact) mass is 287 g/mol. The highest BCUT2D eigenvalue weighted by Crippen LogP contribution is 2.29. The summed E-state index contributed by atoms with van der Waals surface area (Å²) in [6.07, 6.45) is 7.20. The Labute approximate surface area is 132 Å². The Bertz CT molecular complexity index is 623. The molecule has 0 aliphatic rings. The summed E-state index contributed by atoms with van der Waals surface area (Å²) in [6, 6.07) is 25.9. The highest BCUT2D eigenvalue weighted by atomic mass is 14.6. The van der Waals surface area contributed by atoms with Crippen molar-refractivity contribution in [3.8, 4) is 0 Å². The molecule has 0 saturated heterocycles. The van der Waals surface area contributed by atoms with Crippen LogP contribution in [0, 0.1) is 0 Å². The van der Waals surface area contributed by atoms with Gasteiger partial charge in [0, 0.05) is 18.3 Å². The van der Waals surface area contributed by atoms with Crippen LogP contribution >= 0.6 is 0 Å². The molecule has 0 unspecified atom stereocenters. The lowest BCUT2D eigenvalue weighted by Gasteiger charge is -2.18. The van der Waals surface area contributed by atoms with Crippen molar-refractivity contribution >= 4 is 0 Å². The molecule has 0 aliphatic carbocycles. The summed E-state index contributed by atoms with van der Waals surface area (Å²) in [4.78, 5) is 4.08. The van der Waals surface area contributed by atoms with Gasteiger partial charge in [-0.3, -0.25) is 4.98 Å². The van der Waals surface area contributed by atoms with Gasteiger partial charge < -0.3 is 0 Å². The van der Waals surface area contributed by atoms with Gasteiger partial charge >= 0.3 is 0 Å². The smallest absolute Gasteiger partial charge is 0.0270 e. The fourth-order valence-corrected chi connectivity index (χ4v) is 2.96. The number of benzene rings is 2. The van der Waals surface area contributed by atoms with E-state index in [0.29, 0.717) is 5.92 Å². The summed E-state index contributed by atoms with van der Waals surface area (Å²) in [5.74, 6) is 0.476. The first kappa shape index (κ1) is 14.5. The summed E-state index contributed by atoms with van der Waals surface area (Å²) in [7, 11) is 0. The first-order valence-electron chi connectivity index (χ1n) is 7.92.